The summed E-state index contributed by atoms with van der Waals surface area (Å²) in [5, 5.41) is 0. The number of carbonyl (C=O) groups excluding carboxylic acids is 2. The van der Waals surface area contributed by atoms with Crippen LogP contribution >= 0.6 is 0 Å². The van der Waals surface area contributed by atoms with Crippen LogP contribution < -0.4 is 0 Å². The van der Waals surface area contributed by atoms with Gasteiger partial charge in [0.05, 0.1) is 12.5 Å². The Labute approximate surface area is 183 Å². The smallest absolute Gasteiger partial charge is 0.417 e. The van der Waals surface area contributed by atoms with Crippen molar-refractivity contribution in [3.05, 3.63) is 71.0 Å². The molecule has 2 aromatic carbocycles. The molecule has 32 heavy (non-hydrogen) atoms. The lowest BCUT2D eigenvalue weighted by Gasteiger charge is -2.26. The van der Waals surface area contributed by atoms with Gasteiger partial charge in [-0.15, -0.1) is 0 Å². The van der Waals surface area contributed by atoms with Gasteiger partial charge >= 0.3 is 6.09 Å². The minimum Gasteiger partial charge on any atom is -0.446 e. The summed E-state index contributed by atoms with van der Waals surface area (Å²) in [5.74, 6) is -6.08. The van der Waals surface area contributed by atoms with Crippen molar-refractivity contribution in [1.82, 2.24) is 9.80 Å². The highest BCUT2D eigenvalue weighted by molar-refractivity contribution is 5.95. The Bertz CT molecular complexity index is 981. The number of carbonyl (C=O) groups is 2. The number of nitrogens with zero attached hydrogens (tertiary/aromatic N) is 2. The number of imide groups is 1. The third kappa shape index (κ3) is 4.22. The lowest BCUT2D eigenvalue weighted by Crippen LogP contribution is -2.41. The van der Waals surface area contributed by atoms with Crippen molar-refractivity contribution in [3.8, 4) is 0 Å². The third-order valence-corrected chi connectivity index (χ3v) is 6.05. The summed E-state index contributed by atoms with van der Waals surface area (Å²) in [4.78, 5) is 29.1. The number of halogens is 3. The van der Waals surface area contributed by atoms with E-state index in [2.05, 4.69) is 0 Å². The van der Waals surface area contributed by atoms with Crippen LogP contribution in [0.1, 0.15) is 23.1 Å². The van der Waals surface area contributed by atoms with Gasteiger partial charge in [-0.1, -0.05) is 30.3 Å². The Kier molecular flexibility index (Phi) is 6.48. The quantitative estimate of drug-likeness (QED) is 0.634. The van der Waals surface area contributed by atoms with E-state index >= 15 is 0 Å². The van der Waals surface area contributed by atoms with Crippen molar-refractivity contribution in [2.24, 2.45) is 5.92 Å². The van der Waals surface area contributed by atoms with Gasteiger partial charge in [-0.05, 0) is 23.3 Å². The van der Waals surface area contributed by atoms with Crippen LogP contribution in [0.5, 0.6) is 0 Å². The van der Waals surface area contributed by atoms with Gasteiger partial charge in [0.25, 0.3) is 0 Å². The predicted octanol–water partition coefficient (Wildman–Crippen LogP) is 3.49. The fourth-order valence-electron chi connectivity index (χ4n) is 4.43. The van der Waals surface area contributed by atoms with E-state index in [1.54, 1.807) is 31.4 Å². The maximum atomic E-state index is 13.9. The number of amides is 2. The van der Waals surface area contributed by atoms with E-state index < -0.39 is 47.3 Å². The molecule has 2 saturated heterocycles. The van der Waals surface area contributed by atoms with E-state index in [9.17, 15) is 22.8 Å². The summed E-state index contributed by atoms with van der Waals surface area (Å²) < 4.78 is 51.7. The Morgan fingerprint density at radius 2 is 1.78 bits per heavy atom. The summed E-state index contributed by atoms with van der Waals surface area (Å²) in [7, 11) is 1.55. The van der Waals surface area contributed by atoms with E-state index in [0.717, 1.165) is 22.6 Å². The normalized spacial score (nSPS) is 23.6. The van der Waals surface area contributed by atoms with Gasteiger partial charge in [0.1, 0.15) is 12.6 Å². The molecule has 2 aliphatic rings. The number of cyclic esters (lactones) is 1. The molecule has 0 unspecified atom stereocenters. The number of hydrogen-bond acceptors (Lipinski definition) is 5. The Balaban J connectivity index is 1.66. The Hall–Kier alpha value is -2.91. The van der Waals surface area contributed by atoms with Gasteiger partial charge in [0.15, 0.2) is 17.5 Å². The van der Waals surface area contributed by atoms with Crippen molar-refractivity contribution >= 4 is 12.0 Å². The van der Waals surface area contributed by atoms with Crippen molar-refractivity contribution < 1.29 is 32.2 Å². The largest absolute Gasteiger partial charge is 0.446 e. The van der Waals surface area contributed by atoms with Crippen LogP contribution in [0.15, 0.2) is 42.5 Å². The average Bonchev–Trinajstić information content (AvgIpc) is 3.39. The zero-order chi connectivity index (χ0) is 22.8. The predicted molar refractivity (Wildman–Crippen MR) is 108 cm³/mol. The number of benzene rings is 2. The fraction of sp³-hybridized carbons (Fsp3) is 0.391. The SMILES string of the molecule is COCCN1C[C@@H](C(=O)N2C(=O)OC[C@H]2c2ccccc2)[C@H](c2cc(F)c(F)c(F)c2)C1. The number of hydrogen-bond donors (Lipinski definition) is 0. The fourth-order valence-corrected chi connectivity index (χ4v) is 4.43. The minimum absolute atomic E-state index is 0.0270. The molecule has 0 aromatic heterocycles. The molecule has 0 N–H and O–H groups in total. The van der Waals surface area contributed by atoms with Crippen LogP contribution in [-0.4, -0.2) is 61.8 Å². The van der Waals surface area contributed by atoms with E-state index in [4.69, 9.17) is 9.47 Å². The summed E-state index contributed by atoms with van der Waals surface area (Å²) in [6.45, 7) is 1.49. The van der Waals surface area contributed by atoms with E-state index in [1.807, 2.05) is 11.0 Å². The second kappa shape index (κ2) is 9.30. The first-order valence-corrected chi connectivity index (χ1v) is 10.3. The van der Waals surface area contributed by atoms with Gasteiger partial charge in [-0.2, -0.15) is 0 Å². The highest BCUT2D eigenvalue weighted by Gasteiger charge is 2.47. The maximum absolute atomic E-state index is 13.9. The van der Waals surface area contributed by atoms with Gasteiger partial charge < -0.3 is 9.47 Å². The first-order valence-electron chi connectivity index (χ1n) is 10.3. The monoisotopic (exact) mass is 448 g/mol. The molecule has 2 heterocycles. The average molecular weight is 448 g/mol. The van der Waals surface area contributed by atoms with Crippen molar-refractivity contribution in [3.63, 3.8) is 0 Å². The van der Waals surface area contributed by atoms with E-state index in [1.165, 1.54) is 0 Å². The molecule has 170 valence electrons. The minimum atomic E-state index is -1.56. The van der Waals surface area contributed by atoms with Crippen LogP contribution in [0.4, 0.5) is 18.0 Å². The summed E-state index contributed by atoms with van der Waals surface area (Å²) in [6.07, 6.45) is -0.755. The van der Waals surface area contributed by atoms with Crippen molar-refractivity contribution in [2.45, 2.75) is 12.0 Å². The standard InChI is InChI=1S/C23H23F3N2O4/c1-31-8-7-27-11-16(15-9-18(24)21(26)19(25)10-15)17(12-27)22(29)28-20(13-32-23(28)30)14-5-3-2-4-6-14/h2-6,9-10,16-17,20H,7-8,11-13H2,1H3/t16-,17+,20-/m0/s1. The summed E-state index contributed by atoms with van der Waals surface area (Å²) in [5.41, 5.74) is 0.917. The molecule has 0 saturated carbocycles. The first-order chi connectivity index (χ1) is 15.4. The van der Waals surface area contributed by atoms with Gasteiger partial charge in [-0.3, -0.25) is 9.69 Å². The van der Waals surface area contributed by atoms with Crippen molar-refractivity contribution in [1.29, 1.82) is 0 Å². The lowest BCUT2D eigenvalue weighted by molar-refractivity contribution is -0.133. The molecule has 2 fully saturated rings. The topological polar surface area (TPSA) is 59.1 Å². The molecule has 2 aliphatic heterocycles. The number of methoxy groups -OCH3 is 1. The molecule has 0 bridgehead atoms. The first kappa shape index (κ1) is 22.3. The number of likely N-dealkylation sites (tertiary alicyclic amines) is 1. The zero-order valence-electron chi connectivity index (χ0n) is 17.5. The lowest BCUT2D eigenvalue weighted by atomic mass is 9.87. The Morgan fingerprint density at radius 3 is 2.44 bits per heavy atom. The zero-order valence-corrected chi connectivity index (χ0v) is 17.5. The molecule has 2 aromatic rings. The maximum Gasteiger partial charge on any atom is 0.417 e. The molecule has 0 radical (unpaired) electrons. The summed E-state index contributed by atoms with van der Waals surface area (Å²) in [6, 6.07) is 10.3. The van der Waals surface area contributed by atoms with Gasteiger partial charge in [0.2, 0.25) is 5.91 Å². The van der Waals surface area contributed by atoms with Crippen LogP contribution in [0, 0.1) is 23.4 Å². The highest BCUT2D eigenvalue weighted by atomic mass is 19.2. The van der Waals surface area contributed by atoms with Crippen LogP contribution in [0.3, 0.4) is 0 Å². The molecule has 0 spiro atoms. The number of rotatable bonds is 6. The molecular formula is C23H23F3N2O4. The molecule has 3 atom stereocenters. The van der Waals surface area contributed by atoms with E-state index in [-0.39, 0.29) is 18.7 Å². The second-order valence-corrected chi connectivity index (χ2v) is 7.98. The highest BCUT2D eigenvalue weighted by Crippen LogP contribution is 2.38. The molecule has 9 heteroatoms. The number of ether oxygens (including phenoxy) is 2. The van der Waals surface area contributed by atoms with Gasteiger partial charge in [-0.25, -0.2) is 22.9 Å². The molecule has 4 rings (SSSR count). The molecule has 2 amide bonds. The third-order valence-electron chi connectivity index (χ3n) is 6.05. The van der Waals surface area contributed by atoms with Gasteiger partial charge in [0, 0.05) is 32.7 Å². The van der Waals surface area contributed by atoms with Crippen LogP contribution in [0.25, 0.3) is 0 Å². The molecular weight excluding hydrogens is 425 g/mol. The van der Waals surface area contributed by atoms with E-state index in [0.29, 0.717) is 19.7 Å². The second-order valence-electron chi connectivity index (χ2n) is 7.98. The molecule has 6 nitrogen and oxygen atoms in total. The Morgan fingerprint density at radius 1 is 1.09 bits per heavy atom. The summed E-state index contributed by atoms with van der Waals surface area (Å²) >= 11 is 0. The van der Waals surface area contributed by atoms with Crippen molar-refractivity contribution in [2.75, 3.05) is 40.0 Å². The van der Waals surface area contributed by atoms with Crippen LogP contribution in [-0.2, 0) is 14.3 Å². The van der Waals surface area contributed by atoms with Crippen LogP contribution in [0.2, 0.25) is 0 Å². The molecule has 0 aliphatic carbocycles.